The minimum atomic E-state index is -0.875. The van der Waals surface area contributed by atoms with Crippen molar-refractivity contribution >= 4 is 22.9 Å². The molecule has 0 aromatic heterocycles. The molecular weight excluding hydrogens is 438 g/mol. The zero-order chi connectivity index (χ0) is 24.4. The SMILES string of the molecule is CCC=CCC=CCC=CCC=CCC=CCCCCOC(CC)C(=O)NCCOC(=O)Cl. The monoisotopic (exact) mass is 479 g/mol. The molecule has 1 unspecified atom stereocenters. The molecule has 0 heterocycles. The topological polar surface area (TPSA) is 64.6 Å². The van der Waals surface area contributed by atoms with E-state index in [0.29, 0.717) is 13.0 Å². The van der Waals surface area contributed by atoms with Gasteiger partial charge in [0, 0.05) is 18.2 Å². The normalized spacial score (nSPS) is 13.2. The molecule has 0 aliphatic rings. The molecule has 0 rings (SSSR count). The molecule has 0 fully saturated rings. The molecule has 0 saturated carbocycles. The van der Waals surface area contributed by atoms with Gasteiger partial charge in [-0.1, -0.05) is 74.6 Å². The number of nitrogens with one attached hydrogen (secondary N) is 1. The van der Waals surface area contributed by atoms with Crippen LogP contribution in [-0.4, -0.2) is 37.2 Å². The second-order valence-electron chi connectivity index (χ2n) is 7.35. The highest BCUT2D eigenvalue weighted by Gasteiger charge is 2.16. The maximum Gasteiger partial charge on any atom is 0.403 e. The predicted octanol–water partition coefficient (Wildman–Crippen LogP) is 7.19. The molecule has 1 atom stereocenters. The predicted molar refractivity (Wildman–Crippen MR) is 139 cm³/mol. The maximum atomic E-state index is 12.0. The number of hydrogen-bond acceptors (Lipinski definition) is 4. The van der Waals surface area contributed by atoms with E-state index in [1.54, 1.807) is 0 Å². The van der Waals surface area contributed by atoms with Crippen LogP contribution < -0.4 is 5.32 Å². The van der Waals surface area contributed by atoms with Gasteiger partial charge < -0.3 is 14.8 Å². The van der Waals surface area contributed by atoms with Gasteiger partial charge in [0.25, 0.3) is 0 Å². The molecule has 1 amide bonds. The van der Waals surface area contributed by atoms with E-state index >= 15 is 0 Å². The summed E-state index contributed by atoms with van der Waals surface area (Å²) < 4.78 is 10.2. The van der Waals surface area contributed by atoms with E-state index in [0.717, 1.165) is 51.4 Å². The van der Waals surface area contributed by atoms with E-state index < -0.39 is 11.5 Å². The Kier molecular flexibility index (Phi) is 23.0. The van der Waals surface area contributed by atoms with E-state index in [-0.39, 0.29) is 19.1 Å². The van der Waals surface area contributed by atoms with Crippen LogP contribution in [0.3, 0.4) is 0 Å². The molecule has 6 heteroatoms. The Balaban J connectivity index is 3.67. The Morgan fingerprint density at radius 2 is 1.33 bits per heavy atom. The molecule has 1 N–H and O–H groups in total. The third-order valence-electron chi connectivity index (χ3n) is 4.52. The first kappa shape index (κ1) is 30.9. The van der Waals surface area contributed by atoms with Crippen LogP contribution in [0.2, 0.25) is 0 Å². The molecule has 186 valence electrons. The lowest BCUT2D eigenvalue weighted by Crippen LogP contribution is -2.38. The number of ether oxygens (including phenoxy) is 2. The number of rotatable bonds is 20. The van der Waals surface area contributed by atoms with Crippen LogP contribution in [0, 0.1) is 0 Å². The van der Waals surface area contributed by atoms with Crippen molar-refractivity contribution in [1.29, 1.82) is 0 Å². The number of carbonyl (C=O) groups excluding carboxylic acids is 2. The van der Waals surface area contributed by atoms with Crippen LogP contribution in [0.4, 0.5) is 4.79 Å². The van der Waals surface area contributed by atoms with Crippen molar-refractivity contribution in [2.45, 2.75) is 77.7 Å². The summed E-state index contributed by atoms with van der Waals surface area (Å²) in [5.41, 5.74) is -0.875. The van der Waals surface area contributed by atoms with Crippen LogP contribution in [-0.2, 0) is 14.3 Å². The molecule has 0 aromatic rings. The van der Waals surface area contributed by atoms with Crippen LogP contribution in [0.5, 0.6) is 0 Å². The second kappa shape index (κ2) is 24.5. The lowest BCUT2D eigenvalue weighted by Gasteiger charge is -2.15. The number of amides is 1. The summed E-state index contributed by atoms with van der Waals surface area (Å²) in [5.74, 6) is -0.194. The minimum absolute atomic E-state index is 0.0533. The Labute approximate surface area is 205 Å². The first-order valence-corrected chi connectivity index (χ1v) is 12.5. The summed E-state index contributed by atoms with van der Waals surface area (Å²) in [5, 5.41) is 2.67. The van der Waals surface area contributed by atoms with Crippen molar-refractivity contribution in [3.8, 4) is 0 Å². The van der Waals surface area contributed by atoms with Crippen LogP contribution in [0.1, 0.15) is 71.6 Å². The maximum absolute atomic E-state index is 12.0. The molecule has 5 nitrogen and oxygen atoms in total. The van der Waals surface area contributed by atoms with Crippen LogP contribution in [0.25, 0.3) is 0 Å². The first-order valence-electron chi connectivity index (χ1n) is 12.1. The van der Waals surface area contributed by atoms with E-state index in [2.05, 4.69) is 77.7 Å². The van der Waals surface area contributed by atoms with E-state index in [4.69, 9.17) is 16.3 Å². The second-order valence-corrected chi connectivity index (χ2v) is 7.66. The Hall–Kier alpha value is -2.11. The molecule has 0 bridgehead atoms. The molecule has 0 aliphatic heterocycles. The number of carbonyl (C=O) groups is 2. The highest BCUT2D eigenvalue weighted by Crippen LogP contribution is 2.04. The van der Waals surface area contributed by atoms with Crippen molar-refractivity contribution in [2.75, 3.05) is 19.8 Å². The average Bonchev–Trinajstić information content (AvgIpc) is 2.80. The lowest BCUT2D eigenvalue weighted by molar-refractivity contribution is -0.133. The number of halogens is 1. The summed E-state index contributed by atoms with van der Waals surface area (Å²) >= 11 is 5.06. The Bertz CT molecular complexity index is 638. The highest BCUT2D eigenvalue weighted by atomic mass is 35.5. The third-order valence-corrected chi connectivity index (χ3v) is 4.63. The van der Waals surface area contributed by atoms with Gasteiger partial charge >= 0.3 is 5.43 Å². The standard InChI is InChI=1S/C27H42ClNO4/c1-3-5-6-7-8-9-10-11-12-13-14-15-16-17-18-19-20-21-23-32-25(4-2)26(30)29-22-24-33-27(28)31/h5-6,8-9,11-12,14-15,17-18,25H,3-4,7,10,13,16,19-24H2,1-2H3,(H,29,30). The highest BCUT2D eigenvalue weighted by molar-refractivity contribution is 6.61. The first-order chi connectivity index (χ1) is 16.1. The molecule has 0 radical (unpaired) electrons. The summed E-state index contributed by atoms with van der Waals surface area (Å²) in [7, 11) is 0. The van der Waals surface area contributed by atoms with Gasteiger partial charge in [-0.15, -0.1) is 0 Å². The van der Waals surface area contributed by atoms with E-state index in [9.17, 15) is 9.59 Å². The lowest BCUT2D eigenvalue weighted by atomic mass is 10.2. The largest absolute Gasteiger partial charge is 0.452 e. The molecule has 33 heavy (non-hydrogen) atoms. The van der Waals surface area contributed by atoms with Crippen molar-refractivity contribution in [2.24, 2.45) is 0 Å². The fourth-order valence-corrected chi connectivity index (χ4v) is 2.83. The summed E-state index contributed by atoms with van der Waals surface area (Å²) in [6.45, 7) is 4.87. The van der Waals surface area contributed by atoms with Crippen molar-refractivity contribution in [3.05, 3.63) is 60.8 Å². The van der Waals surface area contributed by atoms with Gasteiger partial charge in [-0.05, 0) is 57.8 Å². The number of allylic oxidation sites excluding steroid dienone is 10. The molecule has 0 aromatic carbocycles. The van der Waals surface area contributed by atoms with Gasteiger partial charge in [0.1, 0.15) is 12.7 Å². The van der Waals surface area contributed by atoms with E-state index in [1.165, 1.54) is 0 Å². The van der Waals surface area contributed by atoms with Crippen molar-refractivity contribution in [3.63, 3.8) is 0 Å². The van der Waals surface area contributed by atoms with Gasteiger partial charge in [0.2, 0.25) is 5.91 Å². The van der Waals surface area contributed by atoms with Gasteiger partial charge in [0.15, 0.2) is 0 Å². The van der Waals surface area contributed by atoms with Crippen molar-refractivity contribution < 1.29 is 19.1 Å². The van der Waals surface area contributed by atoms with Gasteiger partial charge in [-0.25, -0.2) is 4.79 Å². The summed E-state index contributed by atoms with van der Waals surface area (Å²) in [4.78, 5) is 22.5. The Morgan fingerprint density at radius 3 is 1.85 bits per heavy atom. The van der Waals surface area contributed by atoms with Crippen molar-refractivity contribution in [1.82, 2.24) is 5.32 Å². The Morgan fingerprint density at radius 1 is 0.788 bits per heavy atom. The third kappa shape index (κ3) is 22.9. The fraction of sp³-hybridized carbons (Fsp3) is 0.556. The van der Waals surface area contributed by atoms with Gasteiger partial charge in [-0.2, -0.15) is 0 Å². The number of hydrogen-bond donors (Lipinski definition) is 1. The van der Waals surface area contributed by atoms with Crippen LogP contribution >= 0.6 is 11.6 Å². The van der Waals surface area contributed by atoms with Crippen LogP contribution in [0.15, 0.2) is 60.8 Å². The molecular formula is C27H42ClNO4. The summed E-state index contributed by atoms with van der Waals surface area (Å²) in [6, 6.07) is 0. The molecule has 0 saturated heterocycles. The zero-order valence-electron chi connectivity index (χ0n) is 20.3. The van der Waals surface area contributed by atoms with Gasteiger partial charge in [0.05, 0.1) is 6.54 Å². The van der Waals surface area contributed by atoms with E-state index in [1.807, 2.05) is 6.92 Å². The average molecular weight is 480 g/mol. The minimum Gasteiger partial charge on any atom is -0.452 e. The smallest absolute Gasteiger partial charge is 0.403 e. The summed E-state index contributed by atoms with van der Waals surface area (Å²) in [6.07, 6.45) is 30.0. The fourth-order valence-electron chi connectivity index (χ4n) is 2.76. The quantitative estimate of drug-likeness (QED) is 0.114. The van der Waals surface area contributed by atoms with Gasteiger partial charge in [-0.3, -0.25) is 4.79 Å². The number of unbranched alkanes of at least 4 members (excludes halogenated alkanes) is 2. The molecule has 0 spiro atoms. The zero-order valence-corrected chi connectivity index (χ0v) is 21.1. The molecule has 0 aliphatic carbocycles.